The summed E-state index contributed by atoms with van der Waals surface area (Å²) in [5.41, 5.74) is 6.50. The van der Waals surface area contributed by atoms with Gasteiger partial charge in [0.15, 0.2) is 5.69 Å². The van der Waals surface area contributed by atoms with Gasteiger partial charge in [-0.15, -0.1) is 0 Å². The van der Waals surface area contributed by atoms with Crippen LogP contribution in [0.4, 0.5) is 11.4 Å². The molecule has 0 amide bonds. The number of nitrogens with one attached hydrogen (secondary N) is 2. The van der Waals surface area contributed by atoms with Crippen LogP contribution in [0, 0.1) is 15.3 Å². The summed E-state index contributed by atoms with van der Waals surface area (Å²) in [5.74, 6) is 0.815. The highest BCUT2D eigenvalue weighted by atomic mass is 16.9. The summed E-state index contributed by atoms with van der Waals surface area (Å²) in [6, 6.07) is 24.2. The molecular weight excluding hydrogens is 348 g/mol. The van der Waals surface area contributed by atoms with Crippen molar-refractivity contribution in [2.75, 3.05) is 5.12 Å². The SMILES string of the molecule is O=[N+]([O-])[O-].c1ccc(N2NC(c3ccncc3)=N[NH+]2c2ccccc2)cc1. The van der Waals surface area contributed by atoms with Gasteiger partial charge in [-0.1, -0.05) is 46.6 Å². The van der Waals surface area contributed by atoms with Gasteiger partial charge in [0, 0.05) is 30.1 Å². The summed E-state index contributed by atoms with van der Waals surface area (Å²) in [6.07, 6.45) is 3.54. The Morgan fingerprint density at radius 3 is 2.04 bits per heavy atom. The summed E-state index contributed by atoms with van der Waals surface area (Å²) >= 11 is 0. The number of quaternary nitrogens is 1. The van der Waals surface area contributed by atoms with E-state index in [1.807, 2.05) is 53.6 Å². The predicted molar refractivity (Wildman–Crippen MR) is 100 cm³/mol. The minimum absolute atomic E-state index is 0.815. The first-order valence-corrected chi connectivity index (χ1v) is 8.00. The van der Waals surface area contributed by atoms with E-state index >= 15 is 0 Å². The predicted octanol–water partition coefficient (Wildman–Crippen LogP) is 1.66. The lowest BCUT2D eigenvalue weighted by Crippen LogP contribution is -3.10. The second kappa shape index (κ2) is 8.41. The largest absolute Gasteiger partial charge is 0.356 e. The van der Waals surface area contributed by atoms with Crippen molar-refractivity contribution in [2.45, 2.75) is 0 Å². The van der Waals surface area contributed by atoms with Gasteiger partial charge in [0.1, 0.15) is 5.69 Å². The van der Waals surface area contributed by atoms with E-state index in [0.717, 1.165) is 27.9 Å². The molecule has 0 radical (unpaired) electrons. The topological polar surface area (TPSA) is 111 Å². The Morgan fingerprint density at radius 2 is 1.44 bits per heavy atom. The number of hydrogen-bond acceptors (Lipinski definition) is 7. The molecule has 136 valence electrons. The molecule has 0 saturated carbocycles. The van der Waals surface area contributed by atoms with Gasteiger partial charge in [0.2, 0.25) is 5.84 Å². The van der Waals surface area contributed by atoms with Gasteiger partial charge in [-0.25, -0.2) is 5.43 Å². The maximum Gasteiger partial charge on any atom is 0.215 e. The summed E-state index contributed by atoms with van der Waals surface area (Å²) in [5, 5.41) is 22.4. The zero-order valence-corrected chi connectivity index (χ0v) is 14.1. The van der Waals surface area contributed by atoms with E-state index in [0.29, 0.717) is 0 Å². The number of amidine groups is 1. The molecule has 0 aliphatic carbocycles. The summed E-state index contributed by atoms with van der Waals surface area (Å²) in [4.78, 5) is 12.3. The molecule has 4 rings (SSSR count). The quantitative estimate of drug-likeness (QED) is 0.540. The fraction of sp³-hybridized carbons (Fsp3) is 0. The Morgan fingerprint density at radius 1 is 0.889 bits per heavy atom. The van der Waals surface area contributed by atoms with Crippen LogP contribution in [0.25, 0.3) is 0 Å². The van der Waals surface area contributed by atoms with Crippen molar-refractivity contribution in [2.24, 2.45) is 5.10 Å². The van der Waals surface area contributed by atoms with Crippen LogP contribution in [0.15, 0.2) is 90.3 Å². The van der Waals surface area contributed by atoms with Gasteiger partial charge in [0.25, 0.3) is 0 Å². The molecule has 3 aromatic rings. The number of nitrogens with zero attached hydrogens (tertiary/aromatic N) is 4. The molecule has 0 saturated heterocycles. The maximum absolute atomic E-state index is 8.25. The van der Waals surface area contributed by atoms with E-state index in [4.69, 9.17) is 20.4 Å². The standard InChI is InChI=1S/C18H15N5.NO3/c1-3-7-16(8-4-1)22-20-18(15-11-13-19-14-12-15)21-23(22)17-9-5-2-6-10-17;2-1(3)4/h1-14H,(H,20,21);/q;-1/p+1. The molecule has 2 heterocycles. The first kappa shape index (κ1) is 17.8. The van der Waals surface area contributed by atoms with E-state index in [1.54, 1.807) is 12.4 Å². The molecule has 27 heavy (non-hydrogen) atoms. The highest BCUT2D eigenvalue weighted by Gasteiger charge is 2.31. The zero-order chi connectivity index (χ0) is 19.1. The first-order valence-electron chi connectivity index (χ1n) is 8.00. The molecule has 2 aromatic carbocycles. The van der Waals surface area contributed by atoms with Crippen molar-refractivity contribution < 1.29 is 10.2 Å². The Bertz CT molecular complexity index is 902. The van der Waals surface area contributed by atoms with Crippen molar-refractivity contribution in [3.05, 3.63) is 106 Å². The third-order valence-electron chi connectivity index (χ3n) is 3.65. The van der Waals surface area contributed by atoms with Crippen LogP contribution in [0.5, 0.6) is 0 Å². The van der Waals surface area contributed by atoms with Crippen LogP contribution in [0.2, 0.25) is 0 Å². The number of rotatable bonds is 3. The number of benzene rings is 2. The monoisotopic (exact) mass is 364 g/mol. The van der Waals surface area contributed by atoms with Crippen molar-refractivity contribution in [3.8, 4) is 0 Å². The van der Waals surface area contributed by atoms with E-state index in [1.165, 1.54) is 0 Å². The van der Waals surface area contributed by atoms with E-state index < -0.39 is 5.09 Å². The number of hydrazine groups is 1. The smallest absolute Gasteiger partial charge is 0.215 e. The fourth-order valence-corrected chi connectivity index (χ4v) is 2.52. The average Bonchev–Trinajstić information content (AvgIpc) is 3.15. The normalized spacial score (nSPS) is 15.2. The molecule has 1 aliphatic rings. The van der Waals surface area contributed by atoms with E-state index in [2.05, 4.69) is 34.7 Å². The van der Waals surface area contributed by atoms with Gasteiger partial charge in [0.05, 0.1) is 5.09 Å². The van der Waals surface area contributed by atoms with Gasteiger partial charge in [-0.3, -0.25) is 4.98 Å². The summed E-state index contributed by atoms with van der Waals surface area (Å²) in [6.45, 7) is 0. The molecule has 0 fully saturated rings. The average molecular weight is 364 g/mol. The minimum Gasteiger partial charge on any atom is -0.356 e. The molecule has 1 atom stereocenters. The highest BCUT2D eigenvalue weighted by Crippen LogP contribution is 2.13. The Kier molecular flexibility index (Phi) is 5.55. The highest BCUT2D eigenvalue weighted by molar-refractivity contribution is 5.99. The molecule has 1 aliphatic heterocycles. The molecule has 1 unspecified atom stereocenters. The van der Waals surface area contributed by atoms with E-state index in [-0.39, 0.29) is 0 Å². The minimum atomic E-state index is -1.75. The Labute approximate surface area is 154 Å². The second-order valence-electron chi connectivity index (χ2n) is 5.39. The number of pyridine rings is 1. The van der Waals surface area contributed by atoms with Crippen LogP contribution < -0.4 is 15.7 Å². The lowest BCUT2D eigenvalue weighted by molar-refractivity contribution is -0.846. The lowest BCUT2D eigenvalue weighted by atomic mass is 10.2. The number of hydrogen-bond donors (Lipinski definition) is 2. The zero-order valence-electron chi connectivity index (χ0n) is 14.1. The van der Waals surface area contributed by atoms with Crippen LogP contribution in [-0.4, -0.2) is 15.9 Å². The van der Waals surface area contributed by atoms with Gasteiger partial charge in [-0.05, 0) is 29.4 Å². The van der Waals surface area contributed by atoms with Crippen LogP contribution in [0.3, 0.4) is 0 Å². The second-order valence-corrected chi connectivity index (χ2v) is 5.39. The van der Waals surface area contributed by atoms with E-state index in [9.17, 15) is 0 Å². The third-order valence-corrected chi connectivity index (χ3v) is 3.65. The van der Waals surface area contributed by atoms with Gasteiger partial charge in [-0.2, -0.15) is 0 Å². The Hall–Kier alpha value is -3.98. The van der Waals surface area contributed by atoms with Crippen LogP contribution >= 0.6 is 0 Å². The van der Waals surface area contributed by atoms with Crippen molar-refractivity contribution in [1.29, 1.82) is 0 Å². The summed E-state index contributed by atoms with van der Waals surface area (Å²) < 4.78 is 0. The van der Waals surface area contributed by atoms with Gasteiger partial charge < -0.3 is 15.3 Å². The third kappa shape index (κ3) is 4.55. The molecule has 1 aromatic heterocycles. The van der Waals surface area contributed by atoms with Crippen molar-refractivity contribution >= 4 is 17.2 Å². The van der Waals surface area contributed by atoms with Gasteiger partial charge >= 0.3 is 0 Å². The first-order chi connectivity index (χ1) is 13.1. The molecular formula is C18H16N6O3. The van der Waals surface area contributed by atoms with Crippen molar-refractivity contribution in [3.63, 3.8) is 0 Å². The fourth-order valence-electron chi connectivity index (χ4n) is 2.52. The Balaban J connectivity index is 0.000000481. The molecule has 0 bridgehead atoms. The number of anilines is 1. The number of aromatic nitrogens is 1. The maximum atomic E-state index is 8.25. The number of para-hydroxylation sites is 1. The molecule has 0 spiro atoms. The molecule has 9 nitrogen and oxygen atoms in total. The molecule has 9 heteroatoms. The van der Waals surface area contributed by atoms with Crippen LogP contribution in [0.1, 0.15) is 5.56 Å². The molecule has 2 N–H and O–H groups in total. The van der Waals surface area contributed by atoms with Crippen LogP contribution in [-0.2, 0) is 0 Å². The van der Waals surface area contributed by atoms with Crippen molar-refractivity contribution in [1.82, 2.24) is 10.4 Å². The summed E-state index contributed by atoms with van der Waals surface area (Å²) in [7, 11) is 0. The lowest BCUT2D eigenvalue weighted by Gasteiger charge is -2.21.